The molecule has 4 aromatic rings. The van der Waals surface area contributed by atoms with Gasteiger partial charge in [0.25, 0.3) is 5.91 Å². The molecule has 0 spiro atoms. The van der Waals surface area contributed by atoms with E-state index >= 15 is 0 Å². The zero-order chi connectivity index (χ0) is 18.1. The zero-order valence-electron chi connectivity index (χ0n) is 13.6. The van der Waals surface area contributed by atoms with Gasteiger partial charge in [0.2, 0.25) is 10.6 Å². The first-order valence-corrected chi connectivity index (χ1v) is 8.49. The maximum Gasteiger partial charge on any atom is 0.276 e. The maximum atomic E-state index is 12.4. The average molecular weight is 367 g/mol. The summed E-state index contributed by atoms with van der Waals surface area (Å²) >= 11 is 1.35. The molecule has 2 aromatic carbocycles. The van der Waals surface area contributed by atoms with Crippen molar-refractivity contribution >= 4 is 43.6 Å². The number of hydrogen-bond acceptors (Lipinski definition) is 7. The number of para-hydroxylation sites is 2. The lowest BCUT2D eigenvalue weighted by Gasteiger charge is -2.05. The second kappa shape index (κ2) is 6.49. The molecule has 0 aliphatic carbocycles. The second-order valence-electron chi connectivity index (χ2n) is 5.38. The second-order valence-corrected chi connectivity index (χ2v) is 6.41. The van der Waals surface area contributed by atoms with Crippen LogP contribution in [0.4, 0.5) is 5.13 Å². The highest BCUT2D eigenvalue weighted by atomic mass is 32.1. The van der Waals surface area contributed by atoms with Gasteiger partial charge >= 0.3 is 0 Å². The fourth-order valence-electron chi connectivity index (χ4n) is 2.55. The molecule has 0 fully saturated rings. The number of thiazole rings is 1. The minimum absolute atomic E-state index is 0.0881. The van der Waals surface area contributed by atoms with Gasteiger partial charge in [-0.05, 0) is 24.3 Å². The number of benzene rings is 2. The van der Waals surface area contributed by atoms with Crippen molar-refractivity contribution < 1.29 is 13.9 Å². The molecule has 2 aromatic heterocycles. The lowest BCUT2D eigenvalue weighted by Crippen LogP contribution is -2.32. The van der Waals surface area contributed by atoms with E-state index in [-0.39, 0.29) is 5.56 Å². The van der Waals surface area contributed by atoms with Gasteiger partial charge in [0.05, 0.1) is 17.2 Å². The third kappa shape index (κ3) is 2.76. The SMILES string of the molecule is COc1cccc2sc(NNC(=O)c3coc4ccccc4c3=O)nc12. The van der Waals surface area contributed by atoms with Crippen LogP contribution in [0.3, 0.4) is 0 Å². The molecule has 8 heteroatoms. The van der Waals surface area contributed by atoms with Gasteiger partial charge in [-0.15, -0.1) is 0 Å². The molecule has 1 amide bonds. The molecule has 2 heterocycles. The van der Waals surface area contributed by atoms with Crippen molar-refractivity contribution in [2.24, 2.45) is 0 Å². The highest BCUT2D eigenvalue weighted by Crippen LogP contribution is 2.31. The van der Waals surface area contributed by atoms with E-state index in [1.165, 1.54) is 11.3 Å². The Morgan fingerprint density at radius 1 is 1.19 bits per heavy atom. The molecular weight excluding hydrogens is 354 g/mol. The van der Waals surface area contributed by atoms with Crippen LogP contribution in [0.5, 0.6) is 5.75 Å². The molecule has 26 heavy (non-hydrogen) atoms. The van der Waals surface area contributed by atoms with E-state index in [2.05, 4.69) is 15.8 Å². The molecule has 0 aliphatic heterocycles. The number of methoxy groups -OCH3 is 1. The summed E-state index contributed by atoms with van der Waals surface area (Å²) in [5.41, 5.74) is 5.86. The largest absolute Gasteiger partial charge is 0.494 e. The Balaban J connectivity index is 1.58. The first-order chi connectivity index (χ1) is 12.7. The third-order valence-corrected chi connectivity index (χ3v) is 4.75. The summed E-state index contributed by atoms with van der Waals surface area (Å²) in [4.78, 5) is 29.2. The number of hydrazine groups is 1. The van der Waals surface area contributed by atoms with Crippen molar-refractivity contribution in [1.82, 2.24) is 10.4 Å². The number of aromatic nitrogens is 1. The van der Waals surface area contributed by atoms with Crippen LogP contribution in [0, 0.1) is 0 Å². The topological polar surface area (TPSA) is 93.5 Å². The van der Waals surface area contributed by atoms with E-state index in [1.807, 2.05) is 18.2 Å². The van der Waals surface area contributed by atoms with Gasteiger partial charge in [0, 0.05) is 0 Å². The Hall–Kier alpha value is -3.39. The average Bonchev–Trinajstić information content (AvgIpc) is 3.09. The summed E-state index contributed by atoms with van der Waals surface area (Å²) in [7, 11) is 1.57. The van der Waals surface area contributed by atoms with Crippen molar-refractivity contribution in [3.63, 3.8) is 0 Å². The number of hydrogen-bond donors (Lipinski definition) is 2. The van der Waals surface area contributed by atoms with Crippen molar-refractivity contribution in [1.29, 1.82) is 0 Å². The number of anilines is 1. The fourth-order valence-corrected chi connectivity index (χ4v) is 3.39. The maximum absolute atomic E-state index is 12.4. The highest BCUT2D eigenvalue weighted by molar-refractivity contribution is 7.22. The predicted molar refractivity (Wildman–Crippen MR) is 99.7 cm³/mol. The van der Waals surface area contributed by atoms with Crippen LogP contribution in [0.15, 0.2) is 57.9 Å². The Labute approximate surface area is 151 Å². The third-order valence-electron chi connectivity index (χ3n) is 3.81. The van der Waals surface area contributed by atoms with E-state index in [0.29, 0.717) is 27.4 Å². The van der Waals surface area contributed by atoms with E-state index < -0.39 is 11.3 Å². The molecule has 0 saturated heterocycles. The van der Waals surface area contributed by atoms with Gasteiger partial charge in [0.1, 0.15) is 28.7 Å². The summed E-state index contributed by atoms with van der Waals surface area (Å²) in [6, 6.07) is 12.3. The van der Waals surface area contributed by atoms with Gasteiger partial charge in [-0.2, -0.15) is 0 Å². The minimum Gasteiger partial charge on any atom is -0.494 e. The number of fused-ring (bicyclic) bond motifs is 2. The van der Waals surface area contributed by atoms with Crippen LogP contribution in [0.1, 0.15) is 10.4 Å². The first kappa shape index (κ1) is 16.1. The Kier molecular flexibility index (Phi) is 4.02. The Morgan fingerprint density at radius 3 is 2.88 bits per heavy atom. The minimum atomic E-state index is -0.601. The molecule has 0 radical (unpaired) electrons. The summed E-state index contributed by atoms with van der Waals surface area (Å²) in [6.07, 6.45) is 1.16. The monoisotopic (exact) mass is 367 g/mol. The summed E-state index contributed by atoms with van der Waals surface area (Å²) in [5, 5.41) is 0.827. The van der Waals surface area contributed by atoms with Crippen molar-refractivity contribution in [3.05, 3.63) is 64.5 Å². The molecule has 7 nitrogen and oxygen atoms in total. The van der Waals surface area contributed by atoms with Crippen LogP contribution in [0.25, 0.3) is 21.2 Å². The van der Waals surface area contributed by atoms with E-state index in [1.54, 1.807) is 31.4 Å². The number of carbonyl (C=O) groups is 1. The summed E-state index contributed by atoms with van der Waals surface area (Å²) < 4.78 is 11.5. The van der Waals surface area contributed by atoms with Gasteiger partial charge in [-0.25, -0.2) is 4.98 Å². The quantitative estimate of drug-likeness (QED) is 0.538. The van der Waals surface area contributed by atoms with Gasteiger partial charge in [0.15, 0.2) is 0 Å². The summed E-state index contributed by atoms with van der Waals surface area (Å²) in [6.45, 7) is 0. The van der Waals surface area contributed by atoms with Gasteiger partial charge in [-0.1, -0.05) is 29.5 Å². The number of ether oxygens (including phenoxy) is 1. The molecular formula is C18H13N3O4S. The number of nitrogens with zero attached hydrogens (tertiary/aromatic N) is 1. The Morgan fingerprint density at radius 2 is 2.04 bits per heavy atom. The zero-order valence-corrected chi connectivity index (χ0v) is 14.4. The number of nitrogens with one attached hydrogen (secondary N) is 2. The van der Waals surface area contributed by atoms with E-state index in [0.717, 1.165) is 11.0 Å². The molecule has 130 valence electrons. The van der Waals surface area contributed by atoms with Crippen molar-refractivity contribution in [3.8, 4) is 5.75 Å². The molecule has 0 atom stereocenters. The number of carbonyl (C=O) groups excluding carboxylic acids is 1. The van der Waals surface area contributed by atoms with Gasteiger partial charge in [-0.3, -0.25) is 20.4 Å². The van der Waals surface area contributed by atoms with Crippen molar-refractivity contribution in [2.45, 2.75) is 0 Å². The van der Waals surface area contributed by atoms with Gasteiger partial charge < -0.3 is 9.15 Å². The lowest BCUT2D eigenvalue weighted by molar-refractivity contribution is 0.0960. The normalized spacial score (nSPS) is 10.8. The van der Waals surface area contributed by atoms with E-state index in [9.17, 15) is 9.59 Å². The summed E-state index contributed by atoms with van der Waals surface area (Å²) in [5.74, 6) is 0.0454. The highest BCUT2D eigenvalue weighted by Gasteiger charge is 2.15. The van der Waals surface area contributed by atoms with Crippen LogP contribution < -0.4 is 21.0 Å². The number of amides is 1. The Bertz CT molecular complexity index is 1180. The number of rotatable bonds is 4. The van der Waals surface area contributed by atoms with Crippen molar-refractivity contribution in [2.75, 3.05) is 12.5 Å². The fraction of sp³-hybridized carbons (Fsp3) is 0.0556. The molecule has 0 bridgehead atoms. The lowest BCUT2D eigenvalue weighted by atomic mass is 10.2. The smallest absolute Gasteiger partial charge is 0.276 e. The first-order valence-electron chi connectivity index (χ1n) is 7.68. The van der Waals surface area contributed by atoms with E-state index in [4.69, 9.17) is 9.15 Å². The molecule has 2 N–H and O–H groups in total. The molecule has 0 saturated carbocycles. The molecule has 4 rings (SSSR count). The van der Waals surface area contributed by atoms with Crippen LogP contribution in [-0.2, 0) is 0 Å². The molecule has 0 unspecified atom stereocenters. The molecule has 0 aliphatic rings. The predicted octanol–water partition coefficient (Wildman–Crippen LogP) is 3.17. The van der Waals surface area contributed by atoms with Crippen LogP contribution in [-0.4, -0.2) is 18.0 Å². The standard InChI is InChI=1S/C18H13N3O4S/c1-24-13-7-4-8-14-15(13)19-18(26-14)21-20-17(23)11-9-25-12-6-3-2-5-10(12)16(11)22/h2-9H,1H3,(H,19,21)(H,20,23). The van der Waals surface area contributed by atoms with Crippen LogP contribution >= 0.6 is 11.3 Å². The van der Waals surface area contributed by atoms with Crippen LogP contribution in [0.2, 0.25) is 0 Å².